The van der Waals surface area contributed by atoms with Gasteiger partial charge in [-0.1, -0.05) is 11.8 Å². The number of hydrogen-bond acceptors (Lipinski definition) is 6. The van der Waals surface area contributed by atoms with Gasteiger partial charge in [-0.25, -0.2) is 0 Å². The number of terminal acetylenes is 2. The Bertz CT molecular complexity index is 698. The van der Waals surface area contributed by atoms with Crippen LogP contribution in [0.5, 0.6) is 0 Å². The average Bonchev–Trinajstić information content (AvgIpc) is 2.77. The van der Waals surface area contributed by atoms with Crippen LogP contribution in [0.3, 0.4) is 0 Å². The van der Waals surface area contributed by atoms with E-state index in [1.165, 1.54) is 0 Å². The molecule has 0 aromatic carbocycles. The van der Waals surface area contributed by atoms with Gasteiger partial charge in [0.1, 0.15) is 0 Å². The number of carbonyl (C=O) groups excluding carboxylic acids is 2. The lowest BCUT2D eigenvalue weighted by Gasteiger charge is -2.41. The molecule has 8 heteroatoms. The first kappa shape index (κ1) is 23.6. The molecule has 1 unspecified atom stereocenters. The lowest BCUT2D eigenvalue weighted by Crippen LogP contribution is -2.58. The minimum atomic E-state index is 0.196. The fraction of sp³-hybridized carbons (Fsp3) is 0.739. The van der Waals surface area contributed by atoms with Crippen molar-refractivity contribution in [1.29, 1.82) is 0 Å². The molecule has 2 amide bonds. The van der Waals surface area contributed by atoms with Crippen LogP contribution in [0.15, 0.2) is 0 Å². The molecule has 0 spiro atoms. The third-order valence-corrected chi connectivity index (χ3v) is 6.63. The second-order valence-corrected chi connectivity index (χ2v) is 8.78. The monoisotopic (exact) mass is 428 g/mol. The Morgan fingerprint density at radius 2 is 1.16 bits per heavy atom. The molecule has 0 saturated carbocycles. The van der Waals surface area contributed by atoms with Crippen molar-refractivity contribution >= 4 is 11.8 Å². The van der Waals surface area contributed by atoms with Crippen molar-refractivity contribution in [1.82, 2.24) is 29.4 Å². The van der Waals surface area contributed by atoms with Crippen molar-refractivity contribution < 1.29 is 9.59 Å². The molecule has 0 aromatic rings. The number of rotatable bonds is 6. The van der Waals surface area contributed by atoms with Gasteiger partial charge in [-0.05, 0) is 6.92 Å². The van der Waals surface area contributed by atoms with Crippen molar-refractivity contribution in [2.45, 2.75) is 13.0 Å². The van der Waals surface area contributed by atoms with Gasteiger partial charge in [-0.2, -0.15) is 0 Å². The minimum absolute atomic E-state index is 0.196. The van der Waals surface area contributed by atoms with Gasteiger partial charge in [0.15, 0.2) is 0 Å². The van der Waals surface area contributed by atoms with E-state index in [-0.39, 0.29) is 17.9 Å². The zero-order valence-corrected chi connectivity index (χ0v) is 18.8. The van der Waals surface area contributed by atoms with E-state index < -0.39 is 0 Å². The highest BCUT2D eigenvalue weighted by molar-refractivity contribution is 5.79. The maximum Gasteiger partial charge on any atom is 0.236 e. The van der Waals surface area contributed by atoms with Gasteiger partial charge < -0.3 is 9.80 Å². The molecule has 3 heterocycles. The molecule has 3 aliphatic heterocycles. The molecule has 1 atom stereocenters. The van der Waals surface area contributed by atoms with Gasteiger partial charge in [0.25, 0.3) is 0 Å². The maximum atomic E-state index is 12.8. The Balaban J connectivity index is 1.38. The summed E-state index contributed by atoms with van der Waals surface area (Å²) in [6.07, 6.45) is 10.8. The van der Waals surface area contributed by atoms with E-state index in [1.807, 2.05) is 9.80 Å². The van der Waals surface area contributed by atoms with Crippen LogP contribution in [0.2, 0.25) is 0 Å². The smallest absolute Gasteiger partial charge is 0.236 e. The van der Waals surface area contributed by atoms with Crippen LogP contribution < -0.4 is 0 Å². The molecule has 0 N–H and O–H groups in total. The van der Waals surface area contributed by atoms with E-state index in [2.05, 4.69) is 38.4 Å². The predicted octanol–water partition coefficient (Wildman–Crippen LogP) is -1.45. The lowest BCUT2D eigenvalue weighted by molar-refractivity contribution is -0.137. The van der Waals surface area contributed by atoms with Gasteiger partial charge >= 0.3 is 0 Å². The molecular weight excluding hydrogens is 392 g/mol. The van der Waals surface area contributed by atoms with Crippen molar-refractivity contribution in [3.63, 3.8) is 0 Å². The van der Waals surface area contributed by atoms with Crippen LogP contribution >= 0.6 is 0 Å². The van der Waals surface area contributed by atoms with Crippen molar-refractivity contribution in [2.24, 2.45) is 0 Å². The Morgan fingerprint density at radius 1 is 0.710 bits per heavy atom. The lowest BCUT2D eigenvalue weighted by atomic mass is 10.1. The molecule has 0 radical (unpaired) electrons. The third-order valence-electron chi connectivity index (χ3n) is 6.63. The summed E-state index contributed by atoms with van der Waals surface area (Å²) in [7, 11) is 0. The Labute approximate surface area is 187 Å². The van der Waals surface area contributed by atoms with Crippen LogP contribution in [0.1, 0.15) is 6.92 Å². The first-order valence-electron chi connectivity index (χ1n) is 11.3. The number of amides is 2. The summed E-state index contributed by atoms with van der Waals surface area (Å²) in [5.41, 5.74) is 0. The molecule has 8 nitrogen and oxygen atoms in total. The van der Waals surface area contributed by atoms with Gasteiger partial charge in [-0.15, -0.1) is 12.8 Å². The second-order valence-electron chi connectivity index (χ2n) is 8.78. The topological polar surface area (TPSA) is 53.6 Å². The highest BCUT2D eigenvalue weighted by atomic mass is 16.2. The van der Waals surface area contributed by atoms with Crippen LogP contribution in [0.4, 0.5) is 0 Å². The first-order chi connectivity index (χ1) is 15.0. The molecule has 3 rings (SSSR count). The fourth-order valence-corrected chi connectivity index (χ4v) is 4.58. The SMILES string of the molecule is C#CCN1CCN(C(=O)CN2CCN(CC(=O)N3CCN(CC#C)CC3)C(C)C2)CC1. The van der Waals surface area contributed by atoms with Crippen LogP contribution in [-0.4, -0.2) is 145 Å². The normalized spacial score (nSPS) is 24.5. The summed E-state index contributed by atoms with van der Waals surface area (Å²) < 4.78 is 0. The molecule has 3 saturated heterocycles. The van der Waals surface area contributed by atoms with Crippen LogP contribution in [-0.2, 0) is 9.59 Å². The fourth-order valence-electron chi connectivity index (χ4n) is 4.58. The van der Waals surface area contributed by atoms with Crippen molar-refractivity contribution in [3.8, 4) is 24.7 Å². The molecule has 3 fully saturated rings. The summed E-state index contributed by atoms with van der Waals surface area (Å²) in [4.78, 5) is 38.2. The summed E-state index contributed by atoms with van der Waals surface area (Å²) in [6, 6.07) is 0.251. The zero-order chi connectivity index (χ0) is 22.2. The van der Waals surface area contributed by atoms with E-state index >= 15 is 0 Å². The molecule has 31 heavy (non-hydrogen) atoms. The number of hydrogen-bond donors (Lipinski definition) is 0. The maximum absolute atomic E-state index is 12.8. The largest absolute Gasteiger partial charge is 0.339 e. The number of nitrogens with zero attached hydrogens (tertiary/aromatic N) is 6. The first-order valence-corrected chi connectivity index (χ1v) is 11.3. The van der Waals surface area contributed by atoms with Crippen molar-refractivity contribution in [2.75, 3.05) is 98.2 Å². The Morgan fingerprint density at radius 3 is 1.61 bits per heavy atom. The minimum Gasteiger partial charge on any atom is -0.339 e. The summed E-state index contributed by atoms with van der Waals surface area (Å²) in [6.45, 7) is 13.2. The molecule has 0 aromatic heterocycles. The standard InChI is InChI=1S/C23H36N6O2/c1-4-6-24-8-13-27(14-9-24)22(30)19-26-12-17-29(21(3)18-26)20-23(31)28-15-10-25(7-5-2)11-16-28/h1-2,21H,6-20H2,3H3. The molecular formula is C23H36N6O2. The second kappa shape index (κ2) is 11.5. The quantitative estimate of drug-likeness (QED) is 0.483. The van der Waals surface area contributed by atoms with Gasteiger partial charge in [0.05, 0.1) is 26.2 Å². The van der Waals surface area contributed by atoms with Gasteiger partial charge in [0.2, 0.25) is 11.8 Å². The van der Waals surface area contributed by atoms with E-state index in [0.717, 1.165) is 72.0 Å². The van der Waals surface area contributed by atoms with Gasteiger partial charge in [0, 0.05) is 78.0 Å². The molecule has 0 bridgehead atoms. The summed E-state index contributed by atoms with van der Waals surface area (Å²) >= 11 is 0. The van der Waals surface area contributed by atoms with Crippen LogP contribution in [0, 0.1) is 24.7 Å². The molecule has 170 valence electrons. The Kier molecular flexibility index (Phi) is 8.74. The van der Waals surface area contributed by atoms with E-state index in [1.54, 1.807) is 0 Å². The van der Waals surface area contributed by atoms with Crippen LogP contribution in [0.25, 0.3) is 0 Å². The Hall–Kier alpha value is -2.10. The molecule has 0 aliphatic carbocycles. The predicted molar refractivity (Wildman–Crippen MR) is 121 cm³/mol. The number of carbonyl (C=O) groups is 2. The summed E-state index contributed by atoms with van der Waals surface area (Å²) in [5, 5.41) is 0. The van der Waals surface area contributed by atoms with E-state index in [4.69, 9.17) is 12.8 Å². The number of piperazine rings is 3. The highest BCUT2D eigenvalue weighted by Crippen LogP contribution is 2.12. The van der Waals surface area contributed by atoms with E-state index in [9.17, 15) is 9.59 Å². The zero-order valence-electron chi connectivity index (χ0n) is 18.8. The van der Waals surface area contributed by atoms with Crippen molar-refractivity contribution in [3.05, 3.63) is 0 Å². The summed E-state index contributed by atoms with van der Waals surface area (Å²) in [5.74, 6) is 5.73. The highest BCUT2D eigenvalue weighted by Gasteiger charge is 2.30. The average molecular weight is 429 g/mol. The van der Waals surface area contributed by atoms with Gasteiger partial charge in [-0.3, -0.25) is 29.2 Å². The third kappa shape index (κ3) is 6.69. The van der Waals surface area contributed by atoms with E-state index in [0.29, 0.717) is 26.2 Å². The molecule has 3 aliphatic rings.